The highest BCUT2D eigenvalue weighted by molar-refractivity contribution is 9.10. The Morgan fingerprint density at radius 1 is 1.19 bits per heavy atom. The van der Waals surface area contributed by atoms with Gasteiger partial charge in [-0.3, -0.25) is 15.5 Å². The maximum absolute atomic E-state index is 10.8. The molecule has 0 atom stereocenters. The fraction of sp³-hybridized carbons (Fsp3) is 0. The fourth-order valence-electron chi connectivity index (χ4n) is 1.63. The first kappa shape index (κ1) is 15.5. The zero-order valence-electron chi connectivity index (χ0n) is 10.5. The van der Waals surface area contributed by atoms with Gasteiger partial charge < -0.3 is 10.5 Å². The third kappa shape index (κ3) is 3.79. The Bertz CT molecular complexity index is 735. The Morgan fingerprint density at radius 2 is 1.90 bits per heavy atom. The van der Waals surface area contributed by atoms with Crippen molar-refractivity contribution in [3.63, 3.8) is 0 Å². The molecule has 0 fully saturated rings. The summed E-state index contributed by atoms with van der Waals surface area (Å²) >= 11 is 6.50. The van der Waals surface area contributed by atoms with E-state index in [2.05, 4.69) is 31.9 Å². The number of nitrogens with one attached hydrogen (secondary N) is 1. The number of nitrogens with two attached hydrogens (primary N) is 1. The SMILES string of the molecule is N=C(N)c1ccc(Oc2cc(Br)cc([N+](=O)[O-])c2)cc1Br. The van der Waals surface area contributed by atoms with E-state index in [9.17, 15) is 10.1 Å². The summed E-state index contributed by atoms with van der Waals surface area (Å²) in [6, 6.07) is 9.25. The van der Waals surface area contributed by atoms with Gasteiger partial charge in [0.1, 0.15) is 17.3 Å². The van der Waals surface area contributed by atoms with E-state index < -0.39 is 4.92 Å². The third-order valence-electron chi connectivity index (χ3n) is 2.53. The Balaban J connectivity index is 2.32. The van der Waals surface area contributed by atoms with Crippen LogP contribution in [0.4, 0.5) is 5.69 Å². The molecular weight excluding hydrogens is 406 g/mol. The lowest BCUT2D eigenvalue weighted by Crippen LogP contribution is -2.11. The molecular formula is C13H9Br2N3O3. The van der Waals surface area contributed by atoms with Crippen molar-refractivity contribution in [2.24, 2.45) is 5.73 Å². The summed E-state index contributed by atoms with van der Waals surface area (Å²) in [7, 11) is 0. The molecule has 0 heterocycles. The van der Waals surface area contributed by atoms with Gasteiger partial charge in [-0.1, -0.05) is 15.9 Å². The molecule has 0 amide bonds. The molecule has 0 spiro atoms. The van der Waals surface area contributed by atoms with E-state index in [0.717, 1.165) is 0 Å². The van der Waals surface area contributed by atoms with E-state index >= 15 is 0 Å². The minimum absolute atomic E-state index is 0.0634. The Morgan fingerprint density at radius 3 is 2.48 bits per heavy atom. The molecule has 8 heteroatoms. The number of hydrogen-bond donors (Lipinski definition) is 2. The van der Waals surface area contributed by atoms with Crippen molar-refractivity contribution < 1.29 is 9.66 Å². The third-order valence-corrected chi connectivity index (χ3v) is 3.65. The number of rotatable bonds is 4. The summed E-state index contributed by atoms with van der Waals surface area (Å²) in [6.07, 6.45) is 0. The minimum atomic E-state index is -0.494. The quantitative estimate of drug-likeness (QED) is 0.338. The molecule has 21 heavy (non-hydrogen) atoms. The van der Waals surface area contributed by atoms with Gasteiger partial charge in [0.15, 0.2) is 0 Å². The Hall–Kier alpha value is -1.93. The van der Waals surface area contributed by atoms with E-state index in [1.165, 1.54) is 12.1 Å². The normalized spacial score (nSPS) is 10.2. The molecule has 0 bridgehead atoms. The van der Waals surface area contributed by atoms with Crippen LogP contribution in [0.1, 0.15) is 5.56 Å². The van der Waals surface area contributed by atoms with Gasteiger partial charge in [0, 0.05) is 20.6 Å². The largest absolute Gasteiger partial charge is 0.457 e. The molecule has 0 radical (unpaired) electrons. The summed E-state index contributed by atoms with van der Waals surface area (Å²) in [5.74, 6) is 0.740. The van der Waals surface area contributed by atoms with Crippen molar-refractivity contribution in [2.75, 3.05) is 0 Å². The second kappa shape index (κ2) is 6.23. The van der Waals surface area contributed by atoms with E-state index in [1.54, 1.807) is 24.3 Å². The first-order valence-electron chi connectivity index (χ1n) is 5.63. The van der Waals surface area contributed by atoms with Crippen molar-refractivity contribution in [2.45, 2.75) is 0 Å². The molecule has 0 aliphatic rings. The lowest BCUT2D eigenvalue weighted by Gasteiger charge is -2.08. The van der Waals surface area contributed by atoms with E-state index in [4.69, 9.17) is 15.9 Å². The van der Waals surface area contributed by atoms with Crippen LogP contribution in [0.5, 0.6) is 11.5 Å². The summed E-state index contributed by atoms with van der Waals surface area (Å²) in [4.78, 5) is 10.3. The van der Waals surface area contributed by atoms with Crippen molar-refractivity contribution in [3.8, 4) is 11.5 Å². The maximum Gasteiger partial charge on any atom is 0.274 e. The van der Waals surface area contributed by atoms with Crippen LogP contribution in [-0.2, 0) is 0 Å². The number of nitro groups is 1. The van der Waals surface area contributed by atoms with Gasteiger partial charge in [-0.15, -0.1) is 0 Å². The molecule has 6 nitrogen and oxygen atoms in total. The number of ether oxygens (including phenoxy) is 1. The average Bonchev–Trinajstić information content (AvgIpc) is 2.37. The highest BCUT2D eigenvalue weighted by Gasteiger charge is 2.11. The minimum Gasteiger partial charge on any atom is -0.457 e. The first-order chi connectivity index (χ1) is 9.86. The van der Waals surface area contributed by atoms with Crippen LogP contribution in [0.3, 0.4) is 0 Å². The van der Waals surface area contributed by atoms with Gasteiger partial charge in [0.05, 0.1) is 11.0 Å². The van der Waals surface area contributed by atoms with Gasteiger partial charge in [-0.05, 0) is 40.2 Å². The predicted molar refractivity (Wildman–Crippen MR) is 86.0 cm³/mol. The average molecular weight is 415 g/mol. The molecule has 0 aliphatic heterocycles. The molecule has 2 aromatic carbocycles. The molecule has 108 valence electrons. The highest BCUT2D eigenvalue weighted by Crippen LogP contribution is 2.31. The topological polar surface area (TPSA) is 102 Å². The molecule has 2 rings (SSSR count). The zero-order chi connectivity index (χ0) is 15.6. The van der Waals surface area contributed by atoms with Gasteiger partial charge in [-0.2, -0.15) is 0 Å². The van der Waals surface area contributed by atoms with Crippen LogP contribution in [-0.4, -0.2) is 10.8 Å². The smallest absolute Gasteiger partial charge is 0.274 e. The van der Waals surface area contributed by atoms with E-state index in [0.29, 0.717) is 26.0 Å². The molecule has 3 N–H and O–H groups in total. The number of non-ortho nitro benzene ring substituents is 1. The molecule has 0 saturated carbocycles. The summed E-state index contributed by atoms with van der Waals surface area (Å²) < 4.78 is 6.75. The van der Waals surface area contributed by atoms with Crippen molar-refractivity contribution >= 4 is 43.4 Å². The number of hydrogen-bond acceptors (Lipinski definition) is 4. The van der Waals surface area contributed by atoms with E-state index in [1.807, 2.05) is 0 Å². The van der Waals surface area contributed by atoms with Crippen LogP contribution in [0.25, 0.3) is 0 Å². The first-order valence-corrected chi connectivity index (χ1v) is 7.22. The van der Waals surface area contributed by atoms with Crippen LogP contribution in [0.15, 0.2) is 45.3 Å². The fourth-order valence-corrected chi connectivity index (χ4v) is 2.66. The summed E-state index contributed by atoms with van der Waals surface area (Å²) in [6.45, 7) is 0. The van der Waals surface area contributed by atoms with Crippen molar-refractivity contribution in [1.82, 2.24) is 0 Å². The second-order valence-corrected chi connectivity index (χ2v) is 5.83. The number of nitrogen functional groups attached to an aromatic ring is 1. The summed E-state index contributed by atoms with van der Waals surface area (Å²) in [5, 5.41) is 18.2. The predicted octanol–water partition coefficient (Wildman–Crippen LogP) is 4.20. The van der Waals surface area contributed by atoms with Crippen molar-refractivity contribution in [1.29, 1.82) is 5.41 Å². The number of halogens is 2. The van der Waals surface area contributed by atoms with Gasteiger partial charge in [0.25, 0.3) is 5.69 Å². The number of benzene rings is 2. The van der Waals surface area contributed by atoms with Gasteiger partial charge in [0.2, 0.25) is 0 Å². The molecule has 0 saturated heterocycles. The number of amidine groups is 1. The van der Waals surface area contributed by atoms with E-state index in [-0.39, 0.29) is 11.5 Å². The van der Waals surface area contributed by atoms with Crippen LogP contribution in [0.2, 0.25) is 0 Å². The number of nitrogens with zero attached hydrogens (tertiary/aromatic N) is 1. The Kier molecular flexibility index (Phi) is 4.59. The molecule has 2 aromatic rings. The lowest BCUT2D eigenvalue weighted by atomic mass is 10.2. The van der Waals surface area contributed by atoms with Gasteiger partial charge in [-0.25, -0.2) is 0 Å². The number of nitro benzene ring substituents is 1. The van der Waals surface area contributed by atoms with Crippen LogP contribution >= 0.6 is 31.9 Å². The molecule has 0 aliphatic carbocycles. The Labute approximate surface area is 136 Å². The second-order valence-electron chi connectivity index (χ2n) is 4.06. The van der Waals surface area contributed by atoms with Crippen molar-refractivity contribution in [3.05, 3.63) is 61.0 Å². The van der Waals surface area contributed by atoms with Gasteiger partial charge >= 0.3 is 0 Å². The zero-order valence-corrected chi connectivity index (χ0v) is 13.6. The summed E-state index contributed by atoms with van der Waals surface area (Å²) in [5.41, 5.74) is 5.90. The molecule has 0 aromatic heterocycles. The van der Waals surface area contributed by atoms with Crippen LogP contribution in [0, 0.1) is 15.5 Å². The monoisotopic (exact) mass is 413 g/mol. The highest BCUT2D eigenvalue weighted by atomic mass is 79.9. The lowest BCUT2D eigenvalue weighted by molar-refractivity contribution is -0.385. The molecule has 0 unspecified atom stereocenters. The maximum atomic E-state index is 10.8. The van der Waals surface area contributed by atoms with Crippen LogP contribution < -0.4 is 10.5 Å². The standard InChI is InChI=1S/C13H9Br2N3O3/c14-7-3-8(18(19)20)5-10(4-7)21-9-1-2-11(13(16)17)12(15)6-9/h1-6H,(H3,16,17).